The fraction of sp³-hybridized carbons (Fsp3) is 0.529. The van der Waals surface area contributed by atoms with E-state index in [-0.39, 0.29) is 6.03 Å². The van der Waals surface area contributed by atoms with Crippen LogP contribution in [0.5, 0.6) is 0 Å². The van der Waals surface area contributed by atoms with Crippen molar-refractivity contribution in [3.8, 4) is 0 Å². The zero-order valence-corrected chi connectivity index (χ0v) is 14.6. The SMILES string of the molecule is Cn1c(CN2CCC(N3CCNC3=O)CC2)nc2cc(Cl)ccc21. The molecule has 0 radical (unpaired) electrons. The van der Waals surface area contributed by atoms with Crippen molar-refractivity contribution < 1.29 is 4.79 Å². The summed E-state index contributed by atoms with van der Waals surface area (Å²) in [6.07, 6.45) is 2.06. The summed E-state index contributed by atoms with van der Waals surface area (Å²) in [5.41, 5.74) is 2.06. The topological polar surface area (TPSA) is 53.4 Å². The van der Waals surface area contributed by atoms with E-state index in [4.69, 9.17) is 16.6 Å². The monoisotopic (exact) mass is 347 g/mol. The van der Waals surface area contributed by atoms with Crippen LogP contribution in [-0.4, -0.2) is 57.6 Å². The number of hydrogen-bond donors (Lipinski definition) is 1. The van der Waals surface area contributed by atoms with Crippen LogP contribution in [0.25, 0.3) is 11.0 Å². The number of piperidine rings is 1. The molecule has 2 amide bonds. The van der Waals surface area contributed by atoms with Crippen LogP contribution in [-0.2, 0) is 13.6 Å². The molecule has 3 heterocycles. The molecule has 0 atom stereocenters. The van der Waals surface area contributed by atoms with E-state index in [9.17, 15) is 4.79 Å². The number of nitrogens with zero attached hydrogens (tertiary/aromatic N) is 4. The lowest BCUT2D eigenvalue weighted by Gasteiger charge is -2.35. The molecule has 2 aliphatic rings. The number of aryl methyl sites for hydroxylation is 1. The number of benzene rings is 1. The standard InChI is InChI=1S/C17H22ClN5O/c1-21-15-3-2-12(18)10-14(15)20-16(21)11-22-7-4-13(5-8-22)23-9-6-19-17(23)24/h2-3,10,13H,4-9,11H2,1H3,(H,19,24). The first-order chi connectivity index (χ1) is 11.6. The number of nitrogens with one attached hydrogen (secondary N) is 1. The second kappa shape index (κ2) is 6.26. The van der Waals surface area contributed by atoms with Crippen LogP contribution in [0.15, 0.2) is 18.2 Å². The molecule has 24 heavy (non-hydrogen) atoms. The van der Waals surface area contributed by atoms with Gasteiger partial charge in [0.25, 0.3) is 0 Å². The van der Waals surface area contributed by atoms with E-state index in [1.165, 1.54) is 0 Å². The Bertz CT molecular complexity index is 766. The first-order valence-corrected chi connectivity index (χ1v) is 8.87. The second-order valence-electron chi connectivity index (χ2n) is 6.65. The number of carbonyl (C=O) groups excluding carboxylic acids is 1. The minimum atomic E-state index is 0.0979. The summed E-state index contributed by atoms with van der Waals surface area (Å²) in [6, 6.07) is 6.32. The molecular formula is C17H22ClN5O. The Morgan fingerprint density at radius 3 is 2.79 bits per heavy atom. The summed E-state index contributed by atoms with van der Waals surface area (Å²) in [5.74, 6) is 1.06. The van der Waals surface area contributed by atoms with Crippen molar-refractivity contribution in [3.05, 3.63) is 29.0 Å². The number of rotatable bonds is 3. The predicted octanol–water partition coefficient (Wildman–Crippen LogP) is 2.22. The number of imidazole rings is 1. The van der Waals surface area contributed by atoms with Crippen LogP contribution < -0.4 is 5.32 Å². The van der Waals surface area contributed by atoms with Gasteiger partial charge < -0.3 is 14.8 Å². The van der Waals surface area contributed by atoms with E-state index in [2.05, 4.69) is 21.8 Å². The Morgan fingerprint density at radius 2 is 2.08 bits per heavy atom. The number of fused-ring (bicyclic) bond motifs is 1. The average molecular weight is 348 g/mol. The van der Waals surface area contributed by atoms with Gasteiger partial charge in [-0.3, -0.25) is 4.90 Å². The number of halogens is 1. The van der Waals surface area contributed by atoms with Crippen molar-refractivity contribution in [1.29, 1.82) is 0 Å². The van der Waals surface area contributed by atoms with Gasteiger partial charge in [-0.1, -0.05) is 11.6 Å². The molecule has 2 saturated heterocycles. The van der Waals surface area contributed by atoms with Crippen molar-refractivity contribution >= 4 is 28.7 Å². The molecule has 2 aromatic rings. The Hall–Kier alpha value is -1.79. The first kappa shape index (κ1) is 15.7. The zero-order chi connectivity index (χ0) is 16.7. The molecule has 0 saturated carbocycles. The maximum atomic E-state index is 11.8. The van der Waals surface area contributed by atoms with Gasteiger partial charge in [-0.25, -0.2) is 9.78 Å². The Balaban J connectivity index is 1.42. The second-order valence-corrected chi connectivity index (χ2v) is 7.09. The van der Waals surface area contributed by atoms with Gasteiger partial charge in [0, 0.05) is 44.3 Å². The molecule has 1 aromatic carbocycles. The molecule has 128 valence electrons. The molecular weight excluding hydrogens is 326 g/mol. The molecule has 0 aliphatic carbocycles. The van der Waals surface area contributed by atoms with Crippen LogP contribution in [0.2, 0.25) is 5.02 Å². The molecule has 2 fully saturated rings. The number of amides is 2. The fourth-order valence-corrected chi connectivity index (χ4v) is 3.95. The van der Waals surface area contributed by atoms with E-state index in [0.29, 0.717) is 6.04 Å². The molecule has 1 aromatic heterocycles. The fourth-order valence-electron chi connectivity index (χ4n) is 3.79. The van der Waals surface area contributed by atoms with Crippen LogP contribution in [0.4, 0.5) is 4.79 Å². The maximum absolute atomic E-state index is 11.8. The highest BCUT2D eigenvalue weighted by Crippen LogP contribution is 2.23. The summed E-state index contributed by atoms with van der Waals surface area (Å²) >= 11 is 6.07. The molecule has 0 spiro atoms. The maximum Gasteiger partial charge on any atom is 0.317 e. The third-order valence-corrected chi connectivity index (χ3v) is 5.42. The van der Waals surface area contributed by atoms with Crippen molar-refractivity contribution in [2.45, 2.75) is 25.4 Å². The summed E-state index contributed by atoms with van der Waals surface area (Å²) in [5, 5.41) is 3.61. The molecule has 0 unspecified atom stereocenters. The van der Waals surface area contributed by atoms with E-state index < -0.39 is 0 Å². The van der Waals surface area contributed by atoms with Gasteiger partial charge in [0.1, 0.15) is 5.82 Å². The molecule has 6 nitrogen and oxygen atoms in total. The molecule has 4 rings (SSSR count). The highest BCUT2D eigenvalue weighted by Gasteiger charge is 2.30. The Kier molecular flexibility index (Phi) is 4.10. The number of carbonyl (C=O) groups is 1. The van der Waals surface area contributed by atoms with Crippen molar-refractivity contribution in [3.63, 3.8) is 0 Å². The molecule has 0 bridgehead atoms. The van der Waals surface area contributed by atoms with Crippen molar-refractivity contribution in [1.82, 2.24) is 24.7 Å². The highest BCUT2D eigenvalue weighted by molar-refractivity contribution is 6.31. The van der Waals surface area contributed by atoms with E-state index in [1.807, 2.05) is 23.1 Å². The zero-order valence-electron chi connectivity index (χ0n) is 13.8. The highest BCUT2D eigenvalue weighted by atomic mass is 35.5. The minimum absolute atomic E-state index is 0.0979. The number of likely N-dealkylation sites (tertiary alicyclic amines) is 1. The van der Waals surface area contributed by atoms with E-state index in [0.717, 1.165) is 67.4 Å². The minimum Gasteiger partial charge on any atom is -0.336 e. The Morgan fingerprint density at radius 1 is 1.29 bits per heavy atom. The third kappa shape index (κ3) is 2.84. The lowest BCUT2D eigenvalue weighted by atomic mass is 10.0. The average Bonchev–Trinajstić information content (AvgIpc) is 3.12. The lowest BCUT2D eigenvalue weighted by Crippen LogP contribution is -2.46. The number of urea groups is 1. The molecule has 1 N–H and O–H groups in total. The normalized spacial score (nSPS) is 20.1. The number of hydrogen-bond acceptors (Lipinski definition) is 3. The van der Waals surface area contributed by atoms with Crippen LogP contribution in [0.3, 0.4) is 0 Å². The summed E-state index contributed by atoms with van der Waals surface area (Å²) in [4.78, 5) is 21.0. The summed E-state index contributed by atoms with van der Waals surface area (Å²) in [6.45, 7) is 4.45. The molecule has 7 heteroatoms. The Labute approximate surface area is 146 Å². The molecule has 2 aliphatic heterocycles. The van der Waals surface area contributed by atoms with Gasteiger partial charge >= 0.3 is 6.03 Å². The van der Waals surface area contributed by atoms with Gasteiger partial charge in [-0.2, -0.15) is 0 Å². The predicted molar refractivity (Wildman–Crippen MR) is 94.1 cm³/mol. The smallest absolute Gasteiger partial charge is 0.317 e. The van der Waals surface area contributed by atoms with Gasteiger partial charge in [-0.05, 0) is 31.0 Å². The van der Waals surface area contributed by atoms with Crippen molar-refractivity contribution in [2.24, 2.45) is 7.05 Å². The van der Waals surface area contributed by atoms with Gasteiger partial charge in [0.15, 0.2) is 0 Å². The van der Waals surface area contributed by atoms with E-state index >= 15 is 0 Å². The summed E-state index contributed by atoms with van der Waals surface area (Å²) < 4.78 is 2.14. The first-order valence-electron chi connectivity index (χ1n) is 8.49. The van der Waals surface area contributed by atoms with Crippen LogP contribution in [0.1, 0.15) is 18.7 Å². The van der Waals surface area contributed by atoms with Gasteiger partial charge in [0.05, 0.1) is 17.6 Å². The van der Waals surface area contributed by atoms with Crippen LogP contribution >= 0.6 is 11.6 Å². The lowest BCUT2D eigenvalue weighted by molar-refractivity contribution is 0.130. The largest absolute Gasteiger partial charge is 0.336 e. The van der Waals surface area contributed by atoms with Crippen molar-refractivity contribution in [2.75, 3.05) is 26.2 Å². The van der Waals surface area contributed by atoms with Gasteiger partial charge in [-0.15, -0.1) is 0 Å². The van der Waals surface area contributed by atoms with E-state index in [1.54, 1.807) is 0 Å². The van der Waals surface area contributed by atoms with Gasteiger partial charge in [0.2, 0.25) is 0 Å². The third-order valence-electron chi connectivity index (χ3n) is 5.19. The summed E-state index contributed by atoms with van der Waals surface area (Å²) in [7, 11) is 2.06. The quantitative estimate of drug-likeness (QED) is 0.926. The van der Waals surface area contributed by atoms with Crippen LogP contribution in [0, 0.1) is 0 Å². The number of aromatic nitrogens is 2.